The average molecular weight is 229 g/mol. The number of hydrogen-bond acceptors (Lipinski definition) is 4. The van der Waals surface area contributed by atoms with Gasteiger partial charge in [0.05, 0.1) is 11.6 Å². The minimum atomic E-state index is 0.621. The lowest BCUT2D eigenvalue weighted by atomic mass is 10.4. The van der Waals surface area contributed by atoms with Gasteiger partial charge in [0.2, 0.25) is 0 Å². The Morgan fingerprint density at radius 3 is 3.14 bits per heavy atom. The van der Waals surface area contributed by atoms with Crippen molar-refractivity contribution in [3.05, 3.63) is 12.5 Å². The number of thioether (sulfide) groups is 1. The smallest absolute Gasteiger partial charge is 0.162 e. The zero-order valence-electron chi connectivity index (χ0n) is 7.64. The Morgan fingerprint density at radius 1 is 1.50 bits per heavy atom. The van der Waals surface area contributed by atoms with Crippen LogP contribution in [-0.4, -0.2) is 31.4 Å². The maximum absolute atomic E-state index is 5.62. The van der Waals surface area contributed by atoms with E-state index in [0.717, 1.165) is 21.8 Å². The van der Waals surface area contributed by atoms with Crippen molar-refractivity contribution in [2.24, 2.45) is 7.05 Å². The van der Waals surface area contributed by atoms with E-state index in [1.807, 2.05) is 7.05 Å². The minimum absolute atomic E-state index is 0.621. The average Bonchev–Trinajstić information content (AvgIpc) is 2.58. The van der Waals surface area contributed by atoms with Crippen LogP contribution in [0.15, 0.2) is 17.6 Å². The van der Waals surface area contributed by atoms with E-state index in [9.17, 15) is 0 Å². The molecule has 0 atom stereocenters. The highest BCUT2D eigenvalue weighted by Gasteiger charge is 2.07. The number of hydrogen-bond donors (Lipinski definition) is 0. The maximum Gasteiger partial charge on any atom is 0.162 e. The fourth-order valence-electron chi connectivity index (χ4n) is 1.19. The molecule has 0 spiro atoms. The second-order valence-corrected chi connectivity index (χ2v) is 4.18. The van der Waals surface area contributed by atoms with Gasteiger partial charge >= 0.3 is 0 Å². The van der Waals surface area contributed by atoms with Crippen molar-refractivity contribution in [2.75, 3.05) is 11.6 Å². The molecule has 4 nitrogen and oxygen atoms in total. The molecule has 2 rings (SSSR count). The Hall–Kier alpha value is -0.810. The van der Waals surface area contributed by atoms with E-state index in [-0.39, 0.29) is 0 Å². The summed E-state index contributed by atoms with van der Waals surface area (Å²) in [6, 6.07) is 0. The molecule has 0 saturated carbocycles. The second kappa shape index (κ2) is 4.14. The van der Waals surface area contributed by atoms with Crippen LogP contribution in [0.25, 0.3) is 11.0 Å². The van der Waals surface area contributed by atoms with E-state index >= 15 is 0 Å². The molecule has 2 heterocycles. The lowest BCUT2D eigenvalue weighted by Gasteiger charge is -1.99. The van der Waals surface area contributed by atoms with Crippen LogP contribution in [0.1, 0.15) is 0 Å². The molecule has 2 aromatic heterocycles. The Balaban J connectivity index is 2.44. The van der Waals surface area contributed by atoms with Crippen molar-refractivity contribution >= 4 is 34.4 Å². The molecule has 2 aromatic rings. The van der Waals surface area contributed by atoms with Gasteiger partial charge in [-0.25, -0.2) is 9.97 Å². The highest BCUT2D eigenvalue weighted by atomic mass is 35.5. The van der Waals surface area contributed by atoms with Gasteiger partial charge in [0, 0.05) is 18.7 Å². The number of aryl methyl sites for hydroxylation is 1. The van der Waals surface area contributed by atoms with Crippen LogP contribution < -0.4 is 0 Å². The van der Waals surface area contributed by atoms with E-state index in [1.54, 1.807) is 29.0 Å². The fraction of sp³-hybridized carbons (Fsp3) is 0.375. The molecule has 0 saturated heterocycles. The van der Waals surface area contributed by atoms with Gasteiger partial charge < -0.3 is 0 Å². The summed E-state index contributed by atoms with van der Waals surface area (Å²) in [4.78, 5) is 8.35. The van der Waals surface area contributed by atoms with Crippen molar-refractivity contribution in [3.8, 4) is 0 Å². The molecule has 0 aliphatic heterocycles. The summed E-state index contributed by atoms with van der Waals surface area (Å²) in [6.07, 6.45) is 3.34. The normalized spacial score (nSPS) is 11.0. The van der Waals surface area contributed by atoms with Gasteiger partial charge in [0.15, 0.2) is 5.65 Å². The quantitative estimate of drug-likeness (QED) is 0.456. The number of rotatable bonds is 3. The number of alkyl halides is 1. The SMILES string of the molecule is Cn1ncc2c(SCCCl)ncnc21. The van der Waals surface area contributed by atoms with Crippen LogP contribution in [0, 0.1) is 0 Å². The number of aromatic nitrogens is 4. The van der Waals surface area contributed by atoms with Crippen LogP contribution in [0.2, 0.25) is 0 Å². The molecule has 0 amide bonds. The van der Waals surface area contributed by atoms with E-state index < -0.39 is 0 Å². The van der Waals surface area contributed by atoms with E-state index in [4.69, 9.17) is 11.6 Å². The zero-order valence-corrected chi connectivity index (χ0v) is 9.22. The first kappa shape index (κ1) is 9.73. The lowest BCUT2D eigenvalue weighted by Crippen LogP contribution is -1.93. The van der Waals surface area contributed by atoms with Gasteiger partial charge in [-0.3, -0.25) is 4.68 Å². The first-order chi connectivity index (χ1) is 6.83. The van der Waals surface area contributed by atoms with Crippen molar-refractivity contribution in [3.63, 3.8) is 0 Å². The standard InChI is InChI=1S/C8H9ClN4S/c1-13-7-6(4-12-13)8(11-5-10-7)14-3-2-9/h4-5H,2-3H2,1H3. The van der Waals surface area contributed by atoms with Crippen LogP contribution in [0.4, 0.5) is 0 Å². The van der Waals surface area contributed by atoms with Gasteiger partial charge in [-0.2, -0.15) is 5.10 Å². The summed E-state index contributed by atoms with van der Waals surface area (Å²) in [5.41, 5.74) is 0.858. The van der Waals surface area contributed by atoms with Crippen molar-refractivity contribution in [2.45, 2.75) is 5.03 Å². The fourth-order valence-corrected chi connectivity index (χ4v) is 2.11. The summed E-state index contributed by atoms with van der Waals surface area (Å²) >= 11 is 7.25. The molecule has 14 heavy (non-hydrogen) atoms. The van der Waals surface area contributed by atoms with Crippen molar-refractivity contribution in [1.29, 1.82) is 0 Å². The molecule has 0 unspecified atom stereocenters. The van der Waals surface area contributed by atoms with Crippen molar-refractivity contribution < 1.29 is 0 Å². The Labute approximate surface area is 90.7 Å². The van der Waals surface area contributed by atoms with Gasteiger partial charge in [0.1, 0.15) is 11.4 Å². The lowest BCUT2D eigenvalue weighted by molar-refractivity contribution is 0.784. The topological polar surface area (TPSA) is 43.6 Å². The van der Waals surface area contributed by atoms with E-state index in [0.29, 0.717) is 5.88 Å². The molecule has 74 valence electrons. The first-order valence-electron chi connectivity index (χ1n) is 4.14. The van der Waals surface area contributed by atoms with Gasteiger partial charge in [-0.05, 0) is 0 Å². The largest absolute Gasteiger partial charge is 0.250 e. The summed E-state index contributed by atoms with van der Waals surface area (Å²) in [6.45, 7) is 0. The van der Waals surface area contributed by atoms with Crippen LogP contribution in [0.5, 0.6) is 0 Å². The summed E-state index contributed by atoms with van der Waals surface area (Å²) in [5, 5.41) is 6.07. The van der Waals surface area contributed by atoms with E-state index in [2.05, 4.69) is 15.1 Å². The monoisotopic (exact) mass is 228 g/mol. The van der Waals surface area contributed by atoms with Crippen LogP contribution in [-0.2, 0) is 7.05 Å². The molecule has 0 radical (unpaired) electrons. The highest BCUT2D eigenvalue weighted by Crippen LogP contribution is 2.23. The Bertz CT molecular complexity index is 442. The third-order valence-electron chi connectivity index (χ3n) is 1.81. The van der Waals surface area contributed by atoms with Crippen molar-refractivity contribution in [1.82, 2.24) is 19.7 Å². The molecule has 0 N–H and O–H groups in total. The minimum Gasteiger partial charge on any atom is -0.250 e. The van der Waals surface area contributed by atoms with Crippen LogP contribution >= 0.6 is 23.4 Å². The Morgan fingerprint density at radius 2 is 2.36 bits per heavy atom. The molecular formula is C8H9ClN4S. The second-order valence-electron chi connectivity index (χ2n) is 2.72. The predicted octanol–water partition coefficient (Wildman–Crippen LogP) is 1.69. The third-order valence-corrected chi connectivity index (χ3v) is 3.23. The predicted molar refractivity (Wildman–Crippen MR) is 57.7 cm³/mol. The van der Waals surface area contributed by atoms with Gasteiger partial charge in [-0.1, -0.05) is 0 Å². The molecule has 0 fully saturated rings. The third kappa shape index (κ3) is 1.69. The number of fused-ring (bicyclic) bond motifs is 1. The summed E-state index contributed by atoms with van der Waals surface area (Å²) in [7, 11) is 1.87. The molecule has 0 bridgehead atoms. The molecule has 0 aliphatic rings. The summed E-state index contributed by atoms with van der Waals surface area (Å²) < 4.78 is 1.74. The first-order valence-corrected chi connectivity index (χ1v) is 5.66. The number of halogens is 1. The zero-order chi connectivity index (χ0) is 9.97. The Kier molecular flexibility index (Phi) is 2.88. The van der Waals surface area contributed by atoms with Gasteiger partial charge in [0.25, 0.3) is 0 Å². The van der Waals surface area contributed by atoms with Gasteiger partial charge in [-0.15, -0.1) is 23.4 Å². The number of nitrogens with zero attached hydrogens (tertiary/aromatic N) is 4. The van der Waals surface area contributed by atoms with Crippen LogP contribution in [0.3, 0.4) is 0 Å². The molecule has 6 heteroatoms. The van der Waals surface area contributed by atoms with E-state index in [1.165, 1.54) is 0 Å². The summed E-state index contributed by atoms with van der Waals surface area (Å²) in [5.74, 6) is 1.47. The molecule has 0 aromatic carbocycles. The highest BCUT2D eigenvalue weighted by molar-refractivity contribution is 7.99. The molecule has 0 aliphatic carbocycles. The maximum atomic E-state index is 5.62. The molecular weight excluding hydrogens is 220 g/mol.